The molecule has 23 heavy (non-hydrogen) atoms. The Bertz CT molecular complexity index is 860. The summed E-state index contributed by atoms with van der Waals surface area (Å²) in [4.78, 5) is 21.4. The fourth-order valence-corrected chi connectivity index (χ4v) is 4.28. The van der Waals surface area contributed by atoms with Crippen LogP contribution in [0.25, 0.3) is 10.9 Å². The zero-order chi connectivity index (χ0) is 15.8. The number of carbonyl (C=O) groups is 1. The maximum absolute atomic E-state index is 12.3. The summed E-state index contributed by atoms with van der Waals surface area (Å²) in [7, 11) is 0. The van der Waals surface area contributed by atoms with Crippen LogP contribution in [0.15, 0.2) is 24.4 Å². The van der Waals surface area contributed by atoms with Gasteiger partial charge in [-0.25, -0.2) is 4.98 Å². The summed E-state index contributed by atoms with van der Waals surface area (Å²) in [6.07, 6.45) is 6.73. The number of aromatic amines is 1. The number of halogens is 1. The molecular formula is C17H16ClN3OS. The van der Waals surface area contributed by atoms with Crippen LogP contribution in [-0.2, 0) is 24.1 Å². The van der Waals surface area contributed by atoms with Gasteiger partial charge in [-0.1, -0.05) is 17.7 Å². The number of carbonyl (C=O) groups excluding carboxylic acids is 1. The Hall–Kier alpha value is -1.85. The van der Waals surface area contributed by atoms with E-state index in [1.807, 2.05) is 24.4 Å². The number of nitrogens with one attached hydrogen (secondary N) is 2. The zero-order valence-corrected chi connectivity index (χ0v) is 14.1. The molecule has 4 rings (SSSR count). The van der Waals surface area contributed by atoms with Gasteiger partial charge in [0, 0.05) is 27.0 Å². The van der Waals surface area contributed by atoms with Gasteiger partial charge in [-0.3, -0.25) is 4.79 Å². The quantitative estimate of drug-likeness (QED) is 0.742. The first-order valence-electron chi connectivity index (χ1n) is 7.73. The standard InChI is InChI=1S/C17H16ClN3OS/c18-11-5-6-12-10(9-19-14(12)8-11)7-16(22)21-17-20-13-3-1-2-4-15(13)23-17/h5-6,8-9,19H,1-4,7H2,(H,20,21,22). The molecule has 1 aliphatic carbocycles. The third-order valence-corrected chi connectivity index (χ3v) is 5.48. The summed E-state index contributed by atoms with van der Waals surface area (Å²) in [5.41, 5.74) is 3.08. The van der Waals surface area contributed by atoms with E-state index in [0.717, 1.165) is 34.4 Å². The van der Waals surface area contributed by atoms with E-state index in [1.165, 1.54) is 23.4 Å². The maximum atomic E-state index is 12.3. The topological polar surface area (TPSA) is 57.8 Å². The van der Waals surface area contributed by atoms with Gasteiger partial charge in [-0.2, -0.15) is 0 Å². The number of hydrogen-bond acceptors (Lipinski definition) is 3. The van der Waals surface area contributed by atoms with Crippen molar-refractivity contribution in [3.63, 3.8) is 0 Å². The number of hydrogen-bond donors (Lipinski definition) is 2. The molecule has 4 nitrogen and oxygen atoms in total. The van der Waals surface area contributed by atoms with Crippen molar-refractivity contribution in [2.45, 2.75) is 32.1 Å². The second-order valence-electron chi connectivity index (χ2n) is 5.82. The molecule has 0 aliphatic heterocycles. The number of aromatic nitrogens is 2. The van der Waals surface area contributed by atoms with Crippen molar-refractivity contribution >= 4 is 44.9 Å². The highest BCUT2D eigenvalue weighted by molar-refractivity contribution is 7.15. The van der Waals surface area contributed by atoms with Crippen LogP contribution in [-0.4, -0.2) is 15.9 Å². The molecule has 1 aromatic carbocycles. The molecule has 2 aromatic heterocycles. The molecule has 0 atom stereocenters. The predicted octanol–water partition coefficient (Wildman–Crippen LogP) is 4.34. The fraction of sp³-hybridized carbons (Fsp3) is 0.294. The highest BCUT2D eigenvalue weighted by Crippen LogP contribution is 2.30. The maximum Gasteiger partial charge on any atom is 0.230 e. The lowest BCUT2D eigenvalue weighted by Crippen LogP contribution is -2.14. The Balaban J connectivity index is 1.50. The summed E-state index contributed by atoms with van der Waals surface area (Å²) in [6, 6.07) is 5.65. The predicted molar refractivity (Wildman–Crippen MR) is 94.4 cm³/mol. The van der Waals surface area contributed by atoms with Crippen LogP contribution in [0.2, 0.25) is 5.02 Å². The van der Waals surface area contributed by atoms with E-state index in [2.05, 4.69) is 15.3 Å². The number of thiazole rings is 1. The second-order valence-corrected chi connectivity index (χ2v) is 7.34. The summed E-state index contributed by atoms with van der Waals surface area (Å²) in [5, 5.41) is 5.38. The lowest BCUT2D eigenvalue weighted by molar-refractivity contribution is -0.115. The SMILES string of the molecule is O=C(Cc1c[nH]c2cc(Cl)ccc12)Nc1nc2c(s1)CCCC2. The molecule has 1 aliphatic rings. The Morgan fingerprint density at radius 3 is 3.09 bits per heavy atom. The Morgan fingerprint density at radius 1 is 1.35 bits per heavy atom. The van der Waals surface area contributed by atoms with Gasteiger partial charge in [-0.15, -0.1) is 11.3 Å². The van der Waals surface area contributed by atoms with E-state index in [0.29, 0.717) is 11.4 Å². The third-order valence-electron chi connectivity index (χ3n) is 4.17. The van der Waals surface area contributed by atoms with Crippen molar-refractivity contribution in [2.24, 2.45) is 0 Å². The third kappa shape index (κ3) is 2.99. The van der Waals surface area contributed by atoms with Crippen molar-refractivity contribution in [2.75, 3.05) is 5.32 Å². The van der Waals surface area contributed by atoms with Crippen LogP contribution in [0.1, 0.15) is 29.0 Å². The summed E-state index contributed by atoms with van der Waals surface area (Å²) in [5.74, 6) is -0.0352. The molecule has 1 amide bonds. The molecule has 2 N–H and O–H groups in total. The minimum Gasteiger partial charge on any atom is -0.361 e. The van der Waals surface area contributed by atoms with Crippen molar-refractivity contribution in [1.29, 1.82) is 0 Å². The van der Waals surface area contributed by atoms with Gasteiger partial charge in [0.2, 0.25) is 5.91 Å². The number of anilines is 1. The Kier molecular flexibility index (Phi) is 3.83. The normalized spacial score (nSPS) is 14.0. The van der Waals surface area contributed by atoms with Crippen LogP contribution < -0.4 is 5.32 Å². The first kappa shape index (κ1) is 14.7. The lowest BCUT2D eigenvalue weighted by atomic mass is 10.0. The van der Waals surface area contributed by atoms with Gasteiger partial charge in [0.25, 0.3) is 0 Å². The molecule has 2 heterocycles. The van der Waals surface area contributed by atoms with Gasteiger partial charge in [0.05, 0.1) is 12.1 Å². The van der Waals surface area contributed by atoms with Crippen molar-refractivity contribution in [1.82, 2.24) is 9.97 Å². The molecule has 0 fully saturated rings. The summed E-state index contributed by atoms with van der Waals surface area (Å²) >= 11 is 7.60. The van der Waals surface area contributed by atoms with Crippen molar-refractivity contribution in [3.05, 3.63) is 45.6 Å². The average molecular weight is 346 g/mol. The minimum atomic E-state index is -0.0352. The molecule has 6 heteroatoms. The molecule has 3 aromatic rings. The van der Waals surface area contributed by atoms with Crippen LogP contribution >= 0.6 is 22.9 Å². The van der Waals surface area contributed by atoms with Crippen LogP contribution in [0.4, 0.5) is 5.13 Å². The van der Waals surface area contributed by atoms with E-state index in [-0.39, 0.29) is 5.91 Å². The first-order chi connectivity index (χ1) is 11.2. The Labute approximate surface area is 142 Å². The highest BCUT2D eigenvalue weighted by atomic mass is 35.5. The molecular weight excluding hydrogens is 330 g/mol. The number of benzene rings is 1. The number of amides is 1. The number of aryl methyl sites for hydroxylation is 2. The first-order valence-corrected chi connectivity index (χ1v) is 8.92. The molecule has 0 unspecified atom stereocenters. The highest BCUT2D eigenvalue weighted by Gasteiger charge is 2.17. The summed E-state index contributed by atoms with van der Waals surface area (Å²) in [6.45, 7) is 0. The largest absolute Gasteiger partial charge is 0.361 e. The van der Waals surface area contributed by atoms with Gasteiger partial charge in [0.15, 0.2) is 5.13 Å². The van der Waals surface area contributed by atoms with Crippen LogP contribution in [0.3, 0.4) is 0 Å². The van der Waals surface area contributed by atoms with Crippen LogP contribution in [0, 0.1) is 0 Å². The van der Waals surface area contributed by atoms with Crippen molar-refractivity contribution in [3.8, 4) is 0 Å². The van der Waals surface area contributed by atoms with Gasteiger partial charge in [-0.05, 0) is 43.4 Å². The summed E-state index contributed by atoms with van der Waals surface area (Å²) < 4.78 is 0. The average Bonchev–Trinajstić information content (AvgIpc) is 3.10. The monoisotopic (exact) mass is 345 g/mol. The van der Waals surface area contributed by atoms with E-state index in [4.69, 9.17) is 11.6 Å². The van der Waals surface area contributed by atoms with E-state index in [9.17, 15) is 4.79 Å². The lowest BCUT2D eigenvalue weighted by Gasteiger charge is -2.06. The molecule has 0 bridgehead atoms. The zero-order valence-electron chi connectivity index (χ0n) is 12.5. The smallest absolute Gasteiger partial charge is 0.230 e. The fourth-order valence-electron chi connectivity index (χ4n) is 3.05. The second kappa shape index (κ2) is 5.98. The molecule has 0 saturated carbocycles. The number of H-pyrrole nitrogens is 1. The minimum absolute atomic E-state index is 0.0352. The number of nitrogens with zero attached hydrogens (tertiary/aromatic N) is 1. The van der Waals surface area contributed by atoms with E-state index in [1.54, 1.807) is 11.3 Å². The molecule has 0 radical (unpaired) electrons. The van der Waals surface area contributed by atoms with E-state index >= 15 is 0 Å². The molecule has 0 spiro atoms. The number of rotatable bonds is 3. The van der Waals surface area contributed by atoms with Gasteiger partial charge >= 0.3 is 0 Å². The van der Waals surface area contributed by atoms with Crippen molar-refractivity contribution < 1.29 is 4.79 Å². The van der Waals surface area contributed by atoms with Crippen LogP contribution in [0.5, 0.6) is 0 Å². The molecule has 0 saturated heterocycles. The molecule has 118 valence electrons. The Morgan fingerprint density at radius 2 is 2.22 bits per heavy atom. The van der Waals surface area contributed by atoms with Gasteiger partial charge in [0.1, 0.15) is 0 Å². The van der Waals surface area contributed by atoms with E-state index < -0.39 is 0 Å². The number of fused-ring (bicyclic) bond motifs is 2. The van der Waals surface area contributed by atoms with Gasteiger partial charge < -0.3 is 10.3 Å².